The zero-order valence-electron chi connectivity index (χ0n) is 10.3. The Morgan fingerprint density at radius 1 is 1.00 bits per heavy atom. The van der Waals surface area contributed by atoms with Gasteiger partial charge in [-0.05, 0) is 45.9 Å². The number of carbonyl (C=O) groups excluding carboxylic acids is 1. The molecule has 0 aliphatic carbocycles. The lowest BCUT2D eigenvalue weighted by molar-refractivity contribution is 0.139. The highest BCUT2D eigenvalue weighted by atomic mass is 127. The third-order valence-electron chi connectivity index (χ3n) is 2.56. The molecule has 0 aliphatic heterocycles. The average Bonchev–Trinajstić information content (AvgIpc) is 2.45. The Morgan fingerprint density at radius 3 is 2.37 bits per heavy atom. The first-order valence-electron chi connectivity index (χ1n) is 5.93. The number of nitrogens with one attached hydrogen (secondary N) is 1. The van der Waals surface area contributed by atoms with Crippen LogP contribution < -0.4 is 5.32 Å². The zero-order valence-corrected chi connectivity index (χ0v) is 12.5. The monoisotopic (exact) mass is 367 g/mol. The Labute approximate surface area is 126 Å². The molecule has 0 fully saturated rings. The van der Waals surface area contributed by atoms with E-state index in [1.54, 1.807) is 0 Å². The van der Waals surface area contributed by atoms with Gasteiger partial charge < -0.3 is 10.1 Å². The molecule has 2 aromatic rings. The molecule has 0 bridgehead atoms. The van der Waals surface area contributed by atoms with Crippen LogP contribution in [-0.2, 0) is 17.9 Å². The summed E-state index contributed by atoms with van der Waals surface area (Å²) in [6, 6.07) is 17.6. The first-order chi connectivity index (χ1) is 9.24. The molecule has 1 N–H and O–H groups in total. The van der Waals surface area contributed by atoms with Gasteiger partial charge >= 0.3 is 6.09 Å². The van der Waals surface area contributed by atoms with Crippen molar-refractivity contribution >= 4 is 28.7 Å². The quantitative estimate of drug-likeness (QED) is 0.837. The van der Waals surface area contributed by atoms with Crippen LogP contribution in [0.4, 0.5) is 4.79 Å². The lowest BCUT2D eigenvalue weighted by Crippen LogP contribution is -2.23. The Morgan fingerprint density at radius 2 is 1.68 bits per heavy atom. The number of hydrogen-bond acceptors (Lipinski definition) is 2. The molecule has 4 heteroatoms. The third kappa shape index (κ3) is 4.90. The maximum Gasteiger partial charge on any atom is 0.407 e. The maximum absolute atomic E-state index is 11.5. The number of benzene rings is 2. The fourth-order valence-corrected chi connectivity index (χ4v) is 1.91. The maximum atomic E-state index is 11.5. The van der Waals surface area contributed by atoms with Crippen molar-refractivity contribution in [2.75, 3.05) is 0 Å². The van der Waals surface area contributed by atoms with Crippen molar-refractivity contribution in [1.82, 2.24) is 5.32 Å². The van der Waals surface area contributed by atoms with Gasteiger partial charge in [-0.15, -0.1) is 0 Å². The van der Waals surface area contributed by atoms with Crippen molar-refractivity contribution in [3.05, 3.63) is 69.3 Å². The fraction of sp³-hybridized carbons (Fsp3) is 0.133. The van der Waals surface area contributed by atoms with Crippen molar-refractivity contribution in [1.29, 1.82) is 0 Å². The topological polar surface area (TPSA) is 38.3 Å². The minimum Gasteiger partial charge on any atom is -0.445 e. The zero-order chi connectivity index (χ0) is 13.5. The molecule has 0 aromatic heterocycles. The van der Waals surface area contributed by atoms with Crippen molar-refractivity contribution in [2.45, 2.75) is 13.2 Å². The van der Waals surface area contributed by atoms with Crippen molar-refractivity contribution < 1.29 is 9.53 Å². The first-order valence-corrected chi connectivity index (χ1v) is 7.01. The van der Waals surface area contributed by atoms with E-state index in [4.69, 9.17) is 4.74 Å². The highest BCUT2D eigenvalue weighted by molar-refractivity contribution is 14.1. The van der Waals surface area contributed by atoms with Crippen LogP contribution in [-0.4, -0.2) is 6.09 Å². The van der Waals surface area contributed by atoms with Crippen LogP contribution in [0.3, 0.4) is 0 Å². The Kier molecular flexibility index (Phi) is 5.20. The van der Waals surface area contributed by atoms with E-state index in [1.165, 1.54) is 0 Å². The summed E-state index contributed by atoms with van der Waals surface area (Å²) in [4.78, 5) is 11.5. The van der Waals surface area contributed by atoms with Gasteiger partial charge in [-0.1, -0.05) is 42.5 Å². The summed E-state index contributed by atoms with van der Waals surface area (Å²) in [6.45, 7) is 0.768. The molecule has 19 heavy (non-hydrogen) atoms. The highest BCUT2D eigenvalue weighted by Gasteiger charge is 2.02. The number of carbonyl (C=O) groups is 1. The molecular weight excluding hydrogens is 353 g/mol. The van der Waals surface area contributed by atoms with Crippen LogP contribution >= 0.6 is 22.6 Å². The van der Waals surface area contributed by atoms with Crippen molar-refractivity contribution in [2.24, 2.45) is 0 Å². The lowest BCUT2D eigenvalue weighted by Gasteiger charge is -2.07. The molecule has 0 unspecified atom stereocenters. The van der Waals surface area contributed by atoms with Crippen LogP contribution in [0.15, 0.2) is 54.6 Å². The summed E-state index contributed by atoms with van der Waals surface area (Å²) in [6.07, 6.45) is -0.401. The van der Waals surface area contributed by atoms with Gasteiger partial charge in [0, 0.05) is 10.1 Å². The summed E-state index contributed by atoms with van der Waals surface area (Å²) in [7, 11) is 0. The molecule has 98 valence electrons. The SMILES string of the molecule is O=C(NCc1ccccc1)OCc1ccc(I)cc1. The molecule has 2 rings (SSSR count). The predicted octanol–water partition coefficient (Wildman–Crippen LogP) is 3.72. The molecule has 3 nitrogen and oxygen atoms in total. The number of ether oxygens (including phenoxy) is 1. The van der Waals surface area contributed by atoms with Gasteiger partial charge in [0.15, 0.2) is 0 Å². The molecule has 0 saturated carbocycles. The normalized spacial score (nSPS) is 9.95. The summed E-state index contributed by atoms with van der Waals surface area (Å²) >= 11 is 2.24. The number of hydrogen-bond donors (Lipinski definition) is 1. The van der Waals surface area contributed by atoms with E-state index in [9.17, 15) is 4.79 Å². The van der Waals surface area contributed by atoms with Gasteiger partial charge in [0.2, 0.25) is 0 Å². The molecule has 0 radical (unpaired) electrons. The standard InChI is InChI=1S/C15H14INO2/c16-14-8-6-13(7-9-14)11-19-15(18)17-10-12-4-2-1-3-5-12/h1-9H,10-11H2,(H,17,18). The van der Waals surface area contributed by atoms with E-state index in [0.29, 0.717) is 6.54 Å². The van der Waals surface area contributed by atoms with Gasteiger partial charge in [-0.3, -0.25) is 0 Å². The molecule has 0 heterocycles. The Bertz CT molecular complexity index is 526. The smallest absolute Gasteiger partial charge is 0.407 e. The second-order valence-electron chi connectivity index (χ2n) is 4.04. The highest BCUT2D eigenvalue weighted by Crippen LogP contribution is 2.07. The van der Waals surface area contributed by atoms with Crippen molar-refractivity contribution in [3.8, 4) is 0 Å². The average molecular weight is 367 g/mol. The van der Waals surface area contributed by atoms with Crippen molar-refractivity contribution in [3.63, 3.8) is 0 Å². The summed E-state index contributed by atoms with van der Waals surface area (Å²) in [5.41, 5.74) is 2.03. The van der Waals surface area contributed by atoms with Crippen LogP contribution in [0.2, 0.25) is 0 Å². The van der Waals surface area contributed by atoms with E-state index in [-0.39, 0.29) is 6.61 Å². The first kappa shape index (κ1) is 13.9. The second kappa shape index (κ2) is 7.13. The van der Waals surface area contributed by atoms with Crippen LogP contribution in [0.1, 0.15) is 11.1 Å². The van der Waals surface area contributed by atoms with Crippen LogP contribution in [0.25, 0.3) is 0 Å². The largest absolute Gasteiger partial charge is 0.445 e. The number of halogens is 1. The molecule has 0 spiro atoms. The van der Waals surface area contributed by atoms with Crippen LogP contribution in [0.5, 0.6) is 0 Å². The molecule has 1 amide bonds. The van der Waals surface area contributed by atoms with E-state index < -0.39 is 6.09 Å². The number of amides is 1. The van der Waals surface area contributed by atoms with Gasteiger partial charge in [-0.2, -0.15) is 0 Å². The Hall–Kier alpha value is -1.56. The van der Waals surface area contributed by atoms with E-state index in [1.807, 2.05) is 54.6 Å². The Balaban J connectivity index is 1.74. The summed E-state index contributed by atoms with van der Waals surface area (Å²) in [5.74, 6) is 0. The van der Waals surface area contributed by atoms with Gasteiger partial charge in [0.1, 0.15) is 6.61 Å². The lowest BCUT2D eigenvalue weighted by atomic mass is 10.2. The molecular formula is C15H14INO2. The fourth-order valence-electron chi connectivity index (χ4n) is 1.55. The summed E-state index contributed by atoms with van der Waals surface area (Å²) < 4.78 is 6.30. The third-order valence-corrected chi connectivity index (χ3v) is 3.28. The summed E-state index contributed by atoms with van der Waals surface area (Å²) in [5, 5.41) is 2.72. The van der Waals surface area contributed by atoms with Gasteiger partial charge in [0.05, 0.1) is 0 Å². The van der Waals surface area contributed by atoms with Gasteiger partial charge in [0.25, 0.3) is 0 Å². The minimum absolute atomic E-state index is 0.289. The number of rotatable bonds is 4. The molecule has 0 atom stereocenters. The number of alkyl carbamates (subject to hydrolysis) is 1. The predicted molar refractivity (Wildman–Crippen MR) is 82.6 cm³/mol. The second-order valence-corrected chi connectivity index (χ2v) is 5.29. The molecule has 0 aliphatic rings. The van der Waals surface area contributed by atoms with Crippen LogP contribution in [0, 0.1) is 3.57 Å². The van der Waals surface area contributed by atoms with Gasteiger partial charge in [-0.25, -0.2) is 4.79 Å². The molecule has 2 aromatic carbocycles. The minimum atomic E-state index is -0.401. The van der Waals surface area contributed by atoms with E-state index in [0.717, 1.165) is 14.7 Å². The molecule has 0 saturated heterocycles. The van der Waals surface area contributed by atoms with E-state index >= 15 is 0 Å². The van der Waals surface area contributed by atoms with E-state index in [2.05, 4.69) is 27.9 Å².